The van der Waals surface area contributed by atoms with Crippen molar-refractivity contribution in [2.75, 3.05) is 13.7 Å². The van der Waals surface area contributed by atoms with E-state index in [9.17, 15) is 9.59 Å². The smallest absolute Gasteiger partial charge is 0.329 e. The molecule has 0 aliphatic heterocycles. The Hall–Kier alpha value is -1.06. The van der Waals surface area contributed by atoms with Gasteiger partial charge in [0.25, 0.3) is 0 Å². The number of ether oxygens (including phenoxy) is 1. The van der Waals surface area contributed by atoms with Gasteiger partial charge in [-0.2, -0.15) is 0 Å². The number of carbonyl (C=O) groups excluding carboxylic acids is 2. The fraction of sp³-hybridized carbons (Fsp3) is 0.857. The zero-order valence-electron chi connectivity index (χ0n) is 12.7. The fourth-order valence-corrected chi connectivity index (χ4v) is 2.01. The van der Waals surface area contributed by atoms with Crippen LogP contribution in [0.2, 0.25) is 0 Å². The Morgan fingerprint density at radius 1 is 1.22 bits per heavy atom. The molecule has 4 nitrogen and oxygen atoms in total. The molecular weight excluding hydrogens is 230 g/mol. The molecule has 0 spiro atoms. The number of amides is 1. The second kappa shape index (κ2) is 6.76. The summed E-state index contributed by atoms with van der Waals surface area (Å²) in [6.07, 6.45) is 0.399. The van der Waals surface area contributed by atoms with Gasteiger partial charge in [0, 0.05) is 13.0 Å². The molecular formula is C14H27NO3. The van der Waals surface area contributed by atoms with Crippen LogP contribution in [0.1, 0.15) is 48.0 Å². The van der Waals surface area contributed by atoms with Crippen molar-refractivity contribution in [2.45, 2.75) is 54.0 Å². The Kier molecular flexibility index (Phi) is 6.36. The molecule has 0 N–H and O–H groups in total. The zero-order chi connectivity index (χ0) is 14.5. The van der Waals surface area contributed by atoms with Crippen LogP contribution in [0.5, 0.6) is 0 Å². The average Bonchev–Trinajstić information content (AvgIpc) is 2.24. The first-order valence-corrected chi connectivity index (χ1v) is 6.52. The van der Waals surface area contributed by atoms with E-state index < -0.39 is 6.04 Å². The van der Waals surface area contributed by atoms with Crippen molar-refractivity contribution in [3.8, 4) is 0 Å². The van der Waals surface area contributed by atoms with E-state index in [0.29, 0.717) is 18.9 Å². The first-order chi connectivity index (χ1) is 8.15. The standard InChI is InChI=1S/C14H27NO3/c1-8-11(16)15(9-10(2)3)12(13(17)18-7)14(4,5)6/h10,12H,8-9H2,1-7H3. The zero-order valence-corrected chi connectivity index (χ0v) is 12.7. The summed E-state index contributed by atoms with van der Waals surface area (Å²) in [5.74, 6) is -0.0334. The van der Waals surface area contributed by atoms with E-state index in [4.69, 9.17) is 4.74 Å². The van der Waals surface area contributed by atoms with Crippen LogP contribution in [-0.2, 0) is 14.3 Å². The van der Waals surface area contributed by atoms with Gasteiger partial charge in [0.1, 0.15) is 6.04 Å². The normalized spacial score (nSPS) is 13.3. The highest BCUT2D eigenvalue weighted by atomic mass is 16.5. The number of esters is 1. The third-order valence-electron chi connectivity index (χ3n) is 2.74. The molecule has 0 bridgehead atoms. The van der Waals surface area contributed by atoms with Crippen molar-refractivity contribution in [1.82, 2.24) is 4.90 Å². The van der Waals surface area contributed by atoms with Gasteiger partial charge in [-0.1, -0.05) is 41.5 Å². The Morgan fingerprint density at radius 2 is 1.72 bits per heavy atom. The molecule has 0 aliphatic carbocycles. The molecule has 0 saturated heterocycles. The topological polar surface area (TPSA) is 46.6 Å². The minimum Gasteiger partial charge on any atom is -0.467 e. The number of carbonyl (C=O) groups is 2. The molecule has 1 unspecified atom stereocenters. The second-order valence-electron chi connectivity index (χ2n) is 6.09. The Balaban J connectivity index is 5.34. The summed E-state index contributed by atoms with van der Waals surface area (Å²) in [6, 6.07) is -0.530. The lowest BCUT2D eigenvalue weighted by Crippen LogP contribution is -2.53. The van der Waals surface area contributed by atoms with E-state index >= 15 is 0 Å². The lowest BCUT2D eigenvalue weighted by Gasteiger charge is -2.38. The maximum absolute atomic E-state index is 12.1. The third-order valence-corrected chi connectivity index (χ3v) is 2.74. The maximum atomic E-state index is 12.1. The summed E-state index contributed by atoms with van der Waals surface area (Å²) in [5, 5.41) is 0. The van der Waals surface area contributed by atoms with Gasteiger partial charge in [0.05, 0.1) is 7.11 Å². The van der Waals surface area contributed by atoms with Crippen LogP contribution >= 0.6 is 0 Å². The number of nitrogens with zero attached hydrogens (tertiary/aromatic N) is 1. The van der Waals surface area contributed by atoms with Crippen molar-refractivity contribution >= 4 is 11.9 Å². The first-order valence-electron chi connectivity index (χ1n) is 6.52. The van der Waals surface area contributed by atoms with Crippen LogP contribution in [0.3, 0.4) is 0 Å². The van der Waals surface area contributed by atoms with Crippen LogP contribution in [0.25, 0.3) is 0 Å². The number of rotatable bonds is 5. The Bertz CT molecular complexity index is 292. The van der Waals surface area contributed by atoms with E-state index in [0.717, 1.165) is 0 Å². The molecule has 1 amide bonds. The molecule has 0 aromatic rings. The van der Waals surface area contributed by atoms with Gasteiger partial charge in [-0.3, -0.25) is 4.79 Å². The summed E-state index contributed by atoms with van der Waals surface area (Å²) < 4.78 is 4.86. The molecule has 18 heavy (non-hydrogen) atoms. The molecule has 1 atom stereocenters. The van der Waals surface area contributed by atoms with Crippen LogP contribution in [0, 0.1) is 11.3 Å². The molecule has 0 saturated carbocycles. The van der Waals surface area contributed by atoms with Crippen molar-refractivity contribution in [3.63, 3.8) is 0 Å². The quantitative estimate of drug-likeness (QED) is 0.711. The number of hydrogen-bond acceptors (Lipinski definition) is 3. The second-order valence-corrected chi connectivity index (χ2v) is 6.09. The fourth-order valence-electron chi connectivity index (χ4n) is 2.01. The van der Waals surface area contributed by atoms with Crippen molar-refractivity contribution < 1.29 is 14.3 Å². The predicted molar refractivity (Wildman–Crippen MR) is 72.1 cm³/mol. The van der Waals surface area contributed by atoms with Gasteiger partial charge < -0.3 is 9.64 Å². The van der Waals surface area contributed by atoms with E-state index in [2.05, 4.69) is 0 Å². The van der Waals surface area contributed by atoms with E-state index in [-0.39, 0.29) is 17.3 Å². The maximum Gasteiger partial charge on any atom is 0.329 e. The van der Waals surface area contributed by atoms with E-state index in [1.54, 1.807) is 4.90 Å². The predicted octanol–water partition coefficient (Wildman–Crippen LogP) is 2.47. The van der Waals surface area contributed by atoms with Gasteiger partial charge >= 0.3 is 5.97 Å². The molecule has 0 rings (SSSR count). The largest absolute Gasteiger partial charge is 0.467 e. The highest BCUT2D eigenvalue weighted by Crippen LogP contribution is 2.27. The monoisotopic (exact) mass is 257 g/mol. The van der Waals surface area contributed by atoms with Gasteiger partial charge in [0.2, 0.25) is 5.91 Å². The van der Waals surface area contributed by atoms with Crippen LogP contribution in [0.15, 0.2) is 0 Å². The molecule has 0 fully saturated rings. The molecule has 0 aliphatic rings. The minimum atomic E-state index is -0.530. The molecule has 0 aromatic heterocycles. The molecule has 4 heteroatoms. The average molecular weight is 257 g/mol. The summed E-state index contributed by atoms with van der Waals surface area (Å²) in [4.78, 5) is 25.7. The summed E-state index contributed by atoms with van der Waals surface area (Å²) in [5.41, 5.74) is -0.340. The molecule has 106 valence electrons. The lowest BCUT2D eigenvalue weighted by molar-refractivity contribution is -0.158. The molecule has 0 radical (unpaired) electrons. The van der Waals surface area contributed by atoms with E-state index in [1.807, 2.05) is 41.5 Å². The van der Waals surface area contributed by atoms with Crippen LogP contribution in [-0.4, -0.2) is 36.5 Å². The van der Waals surface area contributed by atoms with E-state index in [1.165, 1.54) is 7.11 Å². The van der Waals surface area contributed by atoms with Crippen molar-refractivity contribution in [2.24, 2.45) is 11.3 Å². The Labute approximate surface area is 111 Å². The minimum absolute atomic E-state index is 0.00553. The number of methoxy groups -OCH3 is 1. The summed E-state index contributed by atoms with van der Waals surface area (Å²) >= 11 is 0. The molecule has 0 heterocycles. The SMILES string of the molecule is CCC(=O)N(CC(C)C)C(C(=O)OC)C(C)(C)C. The lowest BCUT2D eigenvalue weighted by atomic mass is 9.85. The number of hydrogen-bond donors (Lipinski definition) is 0. The molecule has 0 aromatic carbocycles. The third kappa shape index (κ3) is 4.67. The first kappa shape index (κ1) is 16.9. The van der Waals surface area contributed by atoms with Gasteiger partial charge in [-0.25, -0.2) is 4.79 Å². The van der Waals surface area contributed by atoms with Crippen LogP contribution in [0.4, 0.5) is 0 Å². The summed E-state index contributed by atoms with van der Waals surface area (Å²) in [7, 11) is 1.37. The van der Waals surface area contributed by atoms with Crippen molar-refractivity contribution in [1.29, 1.82) is 0 Å². The van der Waals surface area contributed by atoms with Gasteiger partial charge in [0.15, 0.2) is 0 Å². The van der Waals surface area contributed by atoms with Crippen molar-refractivity contribution in [3.05, 3.63) is 0 Å². The highest BCUT2D eigenvalue weighted by molar-refractivity contribution is 5.85. The highest BCUT2D eigenvalue weighted by Gasteiger charge is 2.39. The van der Waals surface area contributed by atoms with Crippen LogP contribution < -0.4 is 0 Å². The summed E-state index contributed by atoms with van der Waals surface area (Å²) in [6.45, 7) is 12.3. The van der Waals surface area contributed by atoms with Gasteiger partial charge in [-0.05, 0) is 11.3 Å². The Morgan fingerprint density at radius 3 is 2.00 bits per heavy atom. The van der Waals surface area contributed by atoms with Gasteiger partial charge in [-0.15, -0.1) is 0 Å².